The van der Waals surface area contributed by atoms with Gasteiger partial charge < -0.3 is 8.94 Å². The number of fused-ring (bicyclic) bond motifs is 2. The summed E-state index contributed by atoms with van der Waals surface area (Å²) in [5.41, 5.74) is 1.71. The Bertz CT molecular complexity index is 1030. The standard InChI is InChI=1S/C9H7N.C9H6O2.C2H2N2O/c1-2-6-9-8(4-1)5-3-7-10-9;10-8-5-6-11-9-4-2-1-3-7(8)9;1-2-5-4-3-1/h1-7H;1-6H;1-2H. The van der Waals surface area contributed by atoms with Crippen molar-refractivity contribution < 1.29 is 8.94 Å². The molecule has 128 valence electrons. The van der Waals surface area contributed by atoms with Crippen molar-refractivity contribution in [2.75, 3.05) is 0 Å². The maximum atomic E-state index is 11.1. The van der Waals surface area contributed by atoms with Gasteiger partial charge in [0, 0.05) is 22.9 Å². The van der Waals surface area contributed by atoms with E-state index in [0.29, 0.717) is 11.0 Å². The molecule has 3 heterocycles. The van der Waals surface area contributed by atoms with Crippen LogP contribution >= 0.6 is 0 Å². The molecular weight excluding hydrogens is 330 g/mol. The van der Waals surface area contributed by atoms with Crippen LogP contribution in [0, 0.1) is 0 Å². The molecule has 0 spiro atoms. The van der Waals surface area contributed by atoms with Crippen molar-refractivity contribution in [3.8, 4) is 0 Å². The summed E-state index contributed by atoms with van der Waals surface area (Å²) in [5, 5.41) is 8.24. The Kier molecular flexibility index (Phi) is 5.82. The maximum Gasteiger partial charge on any atom is 0.192 e. The van der Waals surface area contributed by atoms with E-state index < -0.39 is 0 Å². The fourth-order valence-corrected chi connectivity index (χ4v) is 2.18. The Morgan fingerprint density at radius 2 is 1.58 bits per heavy atom. The van der Waals surface area contributed by atoms with E-state index in [4.69, 9.17) is 4.42 Å². The average molecular weight is 345 g/mol. The Balaban J connectivity index is 0.000000121. The zero-order valence-electron chi connectivity index (χ0n) is 13.7. The van der Waals surface area contributed by atoms with Crippen molar-refractivity contribution in [3.05, 3.63) is 102 Å². The molecule has 0 saturated heterocycles. The van der Waals surface area contributed by atoms with Crippen LogP contribution in [0.4, 0.5) is 0 Å². The summed E-state index contributed by atoms with van der Waals surface area (Å²) in [6.45, 7) is 0. The van der Waals surface area contributed by atoms with Crippen LogP contribution in [0.1, 0.15) is 0 Å². The molecule has 0 bridgehead atoms. The smallest absolute Gasteiger partial charge is 0.192 e. The molecule has 0 amide bonds. The van der Waals surface area contributed by atoms with Crippen LogP contribution in [0.3, 0.4) is 0 Å². The Hall–Kier alpha value is -3.80. The van der Waals surface area contributed by atoms with Gasteiger partial charge in [0.1, 0.15) is 11.8 Å². The second kappa shape index (κ2) is 8.89. The van der Waals surface area contributed by atoms with Crippen LogP contribution in [0.2, 0.25) is 0 Å². The fourth-order valence-electron chi connectivity index (χ4n) is 2.18. The molecule has 2 aromatic carbocycles. The first kappa shape index (κ1) is 17.0. The van der Waals surface area contributed by atoms with E-state index in [-0.39, 0.29) is 5.43 Å². The molecule has 0 aliphatic rings. The van der Waals surface area contributed by atoms with Crippen LogP contribution < -0.4 is 5.43 Å². The quantitative estimate of drug-likeness (QED) is 0.420. The normalized spacial score (nSPS) is 9.69. The molecule has 5 rings (SSSR count). The van der Waals surface area contributed by atoms with Crippen molar-refractivity contribution in [2.45, 2.75) is 0 Å². The summed E-state index contributed by atoms with van der Waals surface area (Å²) >= 11 is 0. The average Bonchev–Trinajstić information content (AvgIpc) is 3.29. The Morgan fingerprint density at radius 1 is 0.769 bits per heavy atom. The fraction of sp³-hybridized carbons (Fsp3) is 0. The van der Waals surface area contributed by atoms with Gasteiger partial charge >= 0.3 is 0 Å². The van der Waals surface area contributed by atoms with E-state index in [1.165, 1.54) is 30.2 Å². The third-order valence-electron chi connectivity index (χ3n) is 3.36. The molecule has 0 fully saturated rings. The number of pyridine rings is 1. The molecule has 5 aromatic rings. The van der Waals surface area contributed by atoms with Crippen molar-refractivity contribution in [2.24, 2.45) is 0 Å². The lowest BCUT2D eigenvalue weighted by atomic mass is 10.2. The molecule has 0 N–H and O–H groups in total. The minimum Gasteiger partial charge on any atom is -0.464 e. The SMILES string of the molecule is O=c1ccoc2ccccc12.c1ccc2ncccc2c1.c1conn1. The lowest BCUT2D eigenvalue weighted by Gasteiger charge is -1.91. The van der Waals surface area contributed by atoms with Crippen LogP contribution in [0.25, 0.3) is 21.9 Å². The number of hydrogen-bond donors (Lipinski definition) is 0. The molecule has 26 heavy (non-hydrogen) atoms. The molecule has 0 unspecified atom stereocenters. The highest BCUT2D eigenvalue weighted by atomic mass is 16.5. The van der Waals surface area contributed by atoms with Crippen LogP contribution in [-0.2, 0) is 0 Å². The summed E-state index contributed by atoms with van der Waals surface area (Å²) in [5.74, 6) is 0. The monoisotopic (exact) mass is 345 g/mol. The van der Waals surface area contributed by atoms with Gasteiger partial charge in [0.2, 0.25) is 0 Å². The Labute approximate surface area is 148 Å². The molecule has 0 saturated carbocycles. The van der Waals surface area contributed by atoms with E-state index >= 15 is 0 Å². The molecule has 0 aliphatic heterocycles. The molecule has 0 aliphatic carbocycles. The summed E-state index contributed by atoms with van der Waals surface area (Å²) in [7, 11) is 0. The van der Waals surface area contributed by atoms with Crippen molar-refractivity contribution >= 4 is 21.9 Å². The molecular formula is C20H15N3O3. The minimum absolute atomic E-state index is 0.00634. The summed E-state index contributed by atoms with van der Waals surface area (Å²) in [6.07, 6.45) is 6.09. The summed E-state index contributed by atoms with van der Waals surface area (Å²) in [6, 6.07) is 20.7. The highest BCUT2D eigenvalue weighted by Crippen LogP contribution is 2.08. The number of nitrogens with zero attached hydrogens (tertiary/aromatic N) is 3. The van der Waals surface area contributed by atoms with E-state index in [1.807, 2.05) is 42.6 Å². The lowest BCUT2D eigenvalue weighted by Crippen LogP contribution is -1.96. The number of rotatable bonds is 0. The third kappa shape index (κ3) is 4.61. The first-order valence-corrected chi connectivity index (χ1v) is 7.82. The van der Waals surface area contributed by atoms with Gasteiger partial charge in [-0.2, -0.15) is 0 Å². The van der Waals surface area contributed by atoms with E-state index in [1.54, 1.807) is 12.1 Å². The van der Waals surface area contributed by atoms with E-state index in [0.717, 1.165) is 5.52 Å². The lowest BCUT2D eigenvalue weighted by molar-refractivity contribution is 0.393. The van der Waals surface area contributed by atoms with Gasteiger partial charge in [-0.15, -0.1) is 5.10 Å². The number of para-hydroxylation sites is 2. The van der Waals surface area contributed by atoms with E-state index in [2.05, 4.69) is 32.0 Å². The maximum absolute atomic E-state index is 11.1. The van der Waals surface area contributed by atoms with Crippen molar-refractivity contribution in [1.29, 1.82) is 0 Å². The second-order valence-corrected chi connectivity index (χ2v) is 5.06. The van der Waals surface area contributed by atoms with Crippen LogP contribution in [0.5, 0.6) is 0 Å². The largest absolute Gasteiger partial charge is 0.464 e. The third-order valence-corrected chi connectivity index (χ3v) is 3.36. The molecule has 6 nitrogen and oxygen atoms in total. The first-order chi connectivity index (χ1) is 12.8. The number of hydrogen-bond acceptors (Lipinski definition) is 6. The van der Waals surface area contributed by atoms with Crippen molar-refractivity contribution in [1.82, 2.24) is 15.4 Å². The number of benzene rings is 2. The predicted octanol–water partition coefficient (Wildman–Crippen LogP) is 4.10. The molecule has 6 heteroatoms. The first-order valence-electron chi connectivity index (χ1n) is 7.82. The highest BCUT2D eigenvalue weighted by Gasteiger charge is 1.95. The van der Waals surface area contributed by atoms with Gasteiger partial charge in [-0.1, -0.05) is 36.4 Å². The van der Waals surface area contributed by atoms with Gasteiger partial charge in [0.25, 0.3) is 0 Å². The zero-order valence-corrected chi connectivity index (χ0v) is 13.7. The minimum atomic E-state index is 0.00634. The summed E-state index contributed by atoms with van der Waals surface area (Å²) < 4.78 is 9.31. The van der Waals surface area contributed by atoms with Gasteiger partial charge in [-0.25, -0.2) is 0 Å². The molecule has 0 atom stereocenters. The number of aromatic nitrogens is 3. The van der Waals surface area contributed by atoms with Crippen LogP contribution in [0.15, 0.2) is 105 Å². The molecule has 3 aromatic heterocycles. The topological polar surface area (TPSA) is 82.0 Å². The van der Waals surface area contributed by atoms with Crippen molar-refractivity contribution in [3.63, 3.8) is 0 Å². The zero-order chi connectivity index (χ0) is 18.0. The Morgan fingerprint density at radius 3 is 2.31 bits per heavy atom. The predicted molar refractivity (Wildman–Crippen MR) is 98.5 cm³/mol. The molecule has 0 radical (unpaired) electrons. The second-order valence-electron chi connectivity index (χ2n) is 5.06. The van der Waals surface area contributed by atoms with Gasteiger partial charge in [0.05, 0.1) is 23.4 Å². The van der Waals surface area contributed by atoms with Crippen LogP contribution in [-0.4, -0.2) is 15.4 Å². The van der Waals surface area contributed by atoms with Gasteiger partial charge in [-0.05, 0) is 24.3 Å². The van der Waals surface area contributed by atoms with Gasteiger partial charge in [-0.3, -0.25) is 9.78 Å². The summed E-state index contributed by atoms with van der Waals surface area (Å²) in [4.78, 5) is 15.3. The van der Waals surface area contributed by atoms with Gasteiger partial charge in [0.15, 0.2) is 5.43 Å². The highest BCUT2D eigenvalue weighted by molar-refractivity contribution is 5.77. The van der Waals surface area contributed by atoms with E-state index in [9.17, 15) is 4.79 Å².